The van der Waals surface area contributed by atoms with Crippen LogP contribution in [0.1, 0.15) is 155 Å². The molecule has 1 aliphatic carbocycles. The Hall–Kier alpha value is -3.52. The molecule has 0 spiro atoms. The van der Waals surface area contributed by atoms with Crippen molar-refractivity contribution in [2.24, 2.45) is 0 Å². The minimum absolute atomic E-state index is 0.123. The van der Waals surface area contributed by atoms with Gasteiger partial charge in [-0.2, -0.15) is 0 Å². The van der Waals surface area contributed by atoms with E-state index in [1.165, 1.54) is 0 Å². The lowest BCUT2D eigenvalue weighted by Crippen LogP contribution is -2.64. The lowest BCUT2D eigenvalue weighted by atomic mass is 9.85. The van der Waals surface area contributed by atoms with Gasteiger partial charge in [0.05, 0.1) is 13.2 Å². The summed E-state index contributed by atoms with van der Waals surface area (Å²) in [5, 5.41) is 50.3. The fourth-order valence-electron chi connectivity index (χ4n) is 6.97. The van der Waals surface area contributed by atoms with Gasteiger partial charge >= 0.3 is 13.8 Å². The third-order valence-electron chi connectivity index (χ3n) is 11.0. The van der Waals surface area contributed by atoms with Crippen molar-refractivity contribution in [3.8, 4) is 0 Å². The van der Waals surface area contributed by atoms with Crippen LogP contribution in [0.25, 0.3) is 0 Å². The van der Waals surface area contributed by atoms with Crippen molar-refractivity contribution in [1.82, 2.24) is 0 Å². The molecule has 396 valence electrons. The number of hydrogen-bond acceptors (Lipinski definition) is 11. The van der Waals surface area contributed by atoms with Crippen LogP contribution in [-0.4, -0.2) is 98.9 Å². The Morgan fingerprint density at radius 1 is 0.457 bits per heavy atom. The highest BCUT2D eigenvalue weighted by Gasteiger charge is 2.51. The van der Waals surface area contributed by atoms with Crippen LogP contribution in [0.3, 0.4) is 0 Å². The molecule has 12 nitrogen and oxygen atoms in total. The zero-order chi connectivity index (χ0) is 51.2. The highest BCUT2D eigenvalue weighted by Crippen LogP contribution is 2.47. The molecule has 6 N–H and O–H groups in total. The third-order valence-corrected chi connectivity index (χ3v) is 12.0. The van der Waals surface area contributed by atoms with Crippen molar-refractivity contribution >= 4 is 13.8 Å². The summed E-state index contributed by atoms with van der Waals surface area (Å²) in [6.45, 7) is 3.90. The van der Waals surface area contributed by atoms with E-state index < -0.39 is 63.1 Å². The van der Waals surface area contributed by atoms with E-state index in [1.807, 2.05) is 0 Å². The lowest BCUT2D eigenvalue weighted by molar-refractivity contribution is -0.220. The van der Waals surface area contributed by atoms with Gasteiger partial charge in [-0.05, 0) is 109 Å². The number of ether oxygens (including phenoxy) is 2. The molecule has 6 atom stereocenters. The van der Waals surface area contributed by atoms with Crippen molar-refractivity contribution in [2.75, 3.05) is 19.8 Å². The zero-order valence-corrected chi connectivity index (χ0v) is 43.4. The van der Waals surface area contributed by atoms with Crippen molar-refractivity contribution in [1.29, 1.82) is 0 Å². The molecule has 0 radical (unpaired) electrons. The third kappa shape index (κ3) is 36.4. The SMILES string of the molecule is CC/C=C\C/C=C\C/C=C\C/C=C\C/C=C\C/C=C\C/C=C\CCCCOCC(COP(=O)(O)OC1C(O)C(O)C(O)C(O)C1O)OC(=O)CCCCCCCC/C=C\C/C=C\C/C=C\C/C=C\CC. The number of unbranched alkanes of at least 4 members (excludes halogenated alkanes) is 8. The first-order valence-corrected chi connectivity index (χ1v) is 27.5. The molecule has 13 heteroatoms. The Kier molecular flexibility index (Phi) is 41.8. The second-order valence-corrected chi connectivity index (χ2v) is 18.7. The van der Waals surface area contributed by atoms with Gasteiger partial charge in [0.25, 0.3) is 0 Å². The Labute approximate surface area is 422 Å². The topological polar surface area (TPSA) is 192 Å². The van der Waals surface area contributed by atoms with Gasteiger partial charge < -0.3 is 39.9 Å². The van der Waals surface area contributed by atoms with Crippen LogP contribution in [0.5, 0.6) is 0 Å². The standard InChI is InChI=1S/C57H91O12P/c1-3-5-7-9-11-13-15-17-19-21-23-24-25-26-27-29-31-33-35-37-39-41-43-45-47-66-48-50(49-67-70(64,65)69-57-55(62)53(60)52(59)54(61)56(57)63)68-51(58)46-44-42-40-38-36-34-32-30-28-22-20-18-16-14-12-10-8-6-4-2/h5-8,11-14,17-20,23-24,26-28,30-31,33,37,39,50,52-57,59-63H,3-4,9-10,15-16,21-22,25,29,32,34-36,38,40-49H2,1-2H3,(H,64,65)/b7-5-,8-6-,13-11-,14-12-,19-17-,20-18-,24-23-,27-26-,30-28-,33-31-,39-37-. The summed E-state index contributed by atoms with van der Waals surface area (Å²) in [5.74, 6) is -0.513. The average molecular weight is 999 g/mol. The van der Waals surface area contributed by atoms with E-state index >= 15 is 0 Å². The maximum Gasteiger partial charge on any atom is 0.472 e. The van der Waals surface area contributed by atoms with E-state index in [0.717, 1.165) is 128 Å². The molecular formula is C57H91O12P. The second kappa shape index (κ2) is 45.4. The van der Waals surface area contributed by atoms with Gasteiger partial charge in [-0.3, -0.25) is 13.8 Å². The normalized spacial score (nSPS) is 22.0. The number of carbonyl (C=O) groups excluding carboxylic acids is 1. The van der Waals surface area contributed by atoms with Crippen LogP contribution in [-0.2, 0) is 27.9 Å². The Morgan fingerprint density at radius 3 is 1.21 bits per heavy atom. The summed E-state index contributed by atoms with van der Waals surface area (Å²) in [6.07, 6.45) is 55.1. The van der Waals surface area contributed by atoms with Crippen molar-refractivity contribution < 1.29 is 58.3 Å². The van der Waals surface area contributed by atoms with Gasteiger partial charge in [0.15, 0.2) is 0 Å². The largest absolute Gasteiger partial charge is 0.472 e. The van der Waals surface area contributed by atoms with Crippen LogP contribution < -0.4 is 0 Å². The lowest BCUT2D eigenvalue weighted by Gasteiger charge is -2.41. The van der Waals surface area contributed by atoms with E-state index in [1.54, 1.807) is 0 Å². The molecule has 0 amide bonds. The molecular weight excluding hydrogens is 908 g/mol. The monoisotopic (exact) mass is 999 g/mol. The number of rotatable bonds is 42. The van der Waals surface area contributed by atoms with Gasteiger partial charge in [0.2, 0.25) is 0 Å². The second-order valence-electron chi connectivity index (χ2n) is 17.3. The first-order valence-electron chi connectivity index (χ1n) is 26.0. The predicted octanol–water partition coefficient (Wildman–Crippen LogP) is 12.0. The molecule has 0 heterocycles. The van der Waals surface area contributed by atoms with Crippen LogP contribution in [0.2, 0.25) is 0 Å². The Bertz CT molecular complexity index is 1660. The van der Waals surface area contributed by atoms with Crippen molar-refractivity contribution in [3.05, 3.63) is 134 Å². The number of allylic oxidation sites excluding steroid dienone is 22. The van der Waals surface area contributed by atoms with Gasteiger partial charge in [0, 0.05) is 13.0 Å². The minimum atomic E-state index is -5.05. The number of aliphatic hydroxyl groups is 5. The highest BCUT2D eigenvalue weighted by atomic mass is 31.2. The molecule has 0 aliphatic heterocycles. The van der Waals surface area contributed by atoms with E-state index in [2.05, 4.69) is 148 Å². The smallest absolute Gasteiger partial charge is 0.457 e. The maximum atomic E-state index is 12.9. The van der Waals surface area contributed by atoms with Gasteiger partial charge in [-0.15, -0.1) is 0 Å². The fraction of sp³-hybridized carbons (Fsp3) is 0.596. The van der Waals surface area contributed by atoms with Crippen LogP contribution >= 0.6 is 7.82 Å². The summed E-state index contributed by atoms with van der Waals surface area (Å²) in [6, 6.07) is 0. The Balaban J connectivity index is 2.41. The van der Waals surface area contributed by atoms with Crippen LogP contribution in [0.15, 0.2) is 134 Å². The Morgan fingerprint density at radius 2 is 0.800 bits per heavy atom. The molecule has 1 saturated carbocycles. The first kappa shape index (κ1) is 64.5. The molecule has 0 aromatic rings. The summed E-state index contributed by atoms with van der Waals surface area (Å²) in [5.41, 5.74) is 0. The summed E-state index contributed by atoms with van der Waals surface area (Å²) >= 11 is 0. The molecule has 0 bridgehead atoms. The number of esters is 1. The van der Waals surface area contributed by atoms with E-state index in [-0.39, 0.29) is 13.0 Å². The molecule has 1 aliphatic rings. The first-order chi connectivity index (χ1) is 34.0. The number of phosphoric ester groups is 1. The molecule has 6 unspecified atom stereocenters. The molecule has 0 aromatic heterocycles. The molecule has 70 heavy (non-hydrogen) atoms. The molecule has 1 rings (SSSR count). The van der Waals surface area contributed by atoms with Crippen LogP contribution in [0, 0.1) is 0 Å². The van der Waals surface area contributed by atoms with E-state index in [9.17, 15) is 39.8 Å². The summed E-state index contributed by atoms with van der Waals surface area (Å²) in [7, 11) is -5.05. The van der Waals surface area contributed by atoms with Crippen molar-refractivity contribution in [3.63, 3.8) is 0 Å². The number of aliphatic hydroxyl groups excluding tert-OH is 5. The summed E-state index contributed by atoms with van der Waals surface area (Å²) in [4.78, 5) is 23.3. The quantitative estimate of drug-likeness (QED) is 0.0147. The average Bonchev–Trinajstić information content (AvgIpc) is 3.35. The number of carbonyl (C=O) groups is 1. The van der Waals surface area contributed by atoms with Gasteiger partial charge in [0.1, 0.15) is 42.7 Å². The fourth-order valence-corrected chi connectivity index (χ4v) is 7.94. The highest BCUT2D eigenvalue weighted by molar-refractivity contribution is 7.47. The predicted molar refractivity (Wildman–Crippen MR) is 285 cm³/mol. The zero-order valence-electron chi connectivity index (χ0n) is 42.5. The van der Waals surface area contributed by atoms with E-state index in [4.69, 9.17) is 18.5 Å². The summed E-state index contributed by atoms with van der Waals surface area (Å²) < 4.78 is 34.2. The molecule has 1 fully saturated rings. The minimum Gasteiger partial charge on any atom is -0.457 e. The molecule has 0 saturated heterocycles. The number of phosphoric acid groups is 1. The number of hydrogen-bond donors (Lipinski definition) is 6. The van der Waals surface area contributed by atoms with Gasteiger partial charge in [-0.1, -0.05) is 173 Å². The molecule has 0 aromatic carbocycles. The van der Waals surface area contributed by atoms with Crippen LogP contribution in [0.4, 0.5) is 0 Å². The van der Waals surface area contributed by atoms with Gasteiger partial charge in [-0.25, -0.2) is 4.57 Å². The van der Waals surface area contributed by atoms with E-state index in [0.29, 0.717) is 13.0 Å². The van der Waals surface area contributed by atoms with Crippen molar-refractivity contribution in [2.45, 2.75) is 198 Å². The maximum absolute atomic E-state index is 12.9.